The van der Waals surface area contributed by atoms with Crippen LogP contribution in [0.15, 0.2) is 0 Å². The molecule has 12 heteroatoms. The van der Waals surface area contributed by atoms with Crippen molar-refractivity contribution in [3.05, 3.63) is 5.82 Å². The Morgan fingerprint density at radius 3 is 2.56 bits per heavy atom. The van der Waals surface area contributed by atoms with Gasteiger partial charge in [-0.25, -0.2) is 4.28 Å². The molecule has 1 aliphatic rings. The predicted octanol–water partition coefficient (Wildman–Crippen LogP) is 0.0769. The second-order valence-corrected chi connectivity index (χ2v) is 7.73. The monoisotopic (exact) mass is 395 g/mol. The van der Waals surface area contributed by atoms with Gasteiger partial charge in [0.1, 0.15) is 0 Å². The van der Waals surface area contributed by atoms with Crippen molar-refractivity contribution in [2.24, 2.45) is 0 Å². The molecule has 1 aromatic heterocycles. The third kappa shape index (κ3) is 6.80. The minimum atomic E-state index is -4.71. The van der Waals surface area contributed by atoms with Gasteiger partial charge >= 0.3 is 22.3 Å². The van der Waals surface area contributed by atoms with Gasteiger partial charge in [0.15, 0.2) is 0 Å². The van der Waals surface area contributed by atoms with Gasteiger partial charge in [-0.1, -0.05) is 36.2 Å². The van der Waals surface area contributed by atoms with Crippen LogP contribution >= 0.6 is 11.8 Å². The normalized spacial score (nSPS) is 14.9. The van der Waals surface area contributed by atoms with Crippen molar-refractivity contribution in [2.45, 2.75) is 39.0 Å². The Balaban J connectivity index is 0.00000312. The van der Waals surface area contributed by atoms with Gasteiger partial charge in [0, 0.05) is 31.0 Å². The highest BCUT2D eigenvalue weighted by Crippen LogP contribution is 2.16. The Morgan fingerprint density at radius 2 is 1.96 bits per heavy atom. The summed E-state index contributed by atoms with van der Waals surface area (Å²) in [5.74, 6) is 2.61. The van der Waals surface area contributed by atoms with Crippen molar-refractivity contribution in [2.75, 3.05) is 35.2 Å². The number of nitrogen functional groups attached to an aromatic ring is 1. The van der Waals surface area contributed by atoms with E-state index in [0.29, 0.717) is 18.2 Å². The van der Waals surface area contributed by atoms with Gasteiger partial charge in [0.25, 0.3) is 5.82 Å². The van der Waals surface area contributed by atoms with Crippen molar-refractivity contribution in [1.82, 2.24) is 9.97 Å². The van der Waals surface area contributed by atoms with Gasteiger partial charge < -0.3 is 16.1 Å². The maximum Gasteiger partial charge on any atom is 0.474 e. The van der Waals surface area contributed by atoms with E-state index in [-0.39, 0.29) is 11.4 Å². The summed E-state index contributed by atoms with van der Waals surface area (Å²) in [7, 11) is -4.71. The number of thioether (sulfide) groups is 1. The van der Waals surface area contributed by atoms with E-state index in [0.717, 1.165) is 55.0 Å². The summed E-state index contributed by atoms with van der Waals surface area (Å²) in [5, 5.41) is 0. The van der Waals surface area contributed by atoms with Gasteiger partial charge in [-0.05, 0) is 11.2 Å². The van der Waals surface area contributed by atoms with Crippen LogP contribution in [0.25, 0.3) is 0 Å². The molecule has 0 bridgehead atoms. The highest BCUT2D eigenvalue weighted by molar-refractivity contribution is 7.99. The van der Waals surface area contributed by atoms with Gasteiger partial charge in [0.2, 0.25) is 0 Å². The lowest BCUT2D eigenvalue weighted by atomic mass is 10.1. The zero-order valence-corrected chi connectivity index (χ0v) is 15.8. The second-order valence-electron chi connectivity index (χ2n) is 5.50. The number of rotatable bonds is 8. The van der Waals surface area contributed by atoms with E-state index in [4.69, 9.17) is 10.3 Å². The lowest BCUT2D eigenvalue weighted by molar-refractivity contribution is -0.854. The minimum absolute atomic E-state index is 0. The van der Waals surface area contributed by atoms with Gasteiger partial charge in [-0.2, -0.15) is 20.2 Å². The third-order valence-electron chi connectivity index (χ3n) is 3.60. The minimum Gasteiger partial charge on any atom is -0.870 e. The van der Waals surface area contributed by atoms with E-state index in [2.05, 4.69) is 21.2 Å². The van der Waals surface area contributed by atoms with Crippen LogP contribution in [0.4, 0.5) is 11.9 Å². The number of anilines is 2. The van der Waals surface area contributed by atoms with Crippen LogP contribution < -0.4 is 19.6 Å². The SMILES string of the molecule is CCCCCCc1nc(N2CCSCC2)nc(N)[n+]1OS(=O)(=O)O.[OH-]. The summed E-state index contributed by atoms with van der Waals surface area (Å²) in [6.07, 6.45) is 4.45. The number of hydrogen-bond donors (Lipinski definition) is 2. The van der Waals surface area contributed by atoms with Crippen LogP contribution in [0.3, 0.4) is 0 Å². The Hall–Kier alpha value is -1.37. The lowest BCUT2D eigenvalue weighted by Crippen LogP contribution is -2.53. The Morgan fingerprint density at radius 1 is 1.28 bits per heavy atom. The van der Waals surface area contributed by atoms with Crippen molar-refractivity contribution in [1.29, 1.82) is 0 Å². The molecule has 0 atom stereocenters. The molecule has 0 spiro atoms. The average Bonchev–Trinajstić information content (AvgIpc) is 2.54. The Labute approximate surface area is 152 Å². The van der Waals surface area contributed by atoms with Crippen molar-refractivity contribution < 1.29 is 27.5 Å². The first-order valence-corrected chi connectivity index (χ1v) is 10.5. The fraction of sp³-hybridized carbons (Fsp3) is 0.769. The van der Waals surface area contributed by atoms with Crippen LogP contribution in [0, 0.1) is 0 Å². The maximum atomic E-state index is 11.1. The van der Waals surface area contributed by atoms with E-state index in [1.165, 1.54) is 0 Å². The molecule has 0 aromatic carbocycles. The van der Waals surface area contributed by atoms with Gasteiger partial charge in [0.05, 0.1) is 0 Å². The molecule has 1 saturated heterocycles. The van der Waals surface area contributed by atoms with Crippen LogP contribution in [0.1, 0.15) is 38.4 Å². The Kier molecular flexibility index (Phi) is 8.62. The smallest absolute Gasteiger partial charge is 0.474 e. The van der Waals surface area contributed by atoms with E-state index < -0.39 is 10.4 Å². The van der Waals surface area contributed by atoms with Crippen LogP contribution in [0.5, 0.6) is 0 Å². The molecule has 1 aliphatic heterocycles. The third-order valence-corrected chi connectivity index (χ3v) is 4.88. The van der Waals surface area contributed by atoms with Gasteiger partial charge in [-0.3, -0.25) is 4.55 Å². The standard InChI is InChI=1S/C13H23N5O4S2.H2O/c1-2-3-4-5-6-11-15-13(17-7-9-23-10-8-17)16-12(14)18(11)22-24(19,20)21;/h14H,2-10H2,1H3,(H,19,20,21);1H2. The Bertz CT molecular complexity index is 652. The first kappa shape index (κ1) is 21.7. The highest BCUT2D eigenvalue weighted by Gasteiger charge is 2.27. The highest BCUT2D eigenvalue weighted by atomic mass is 32.3. The first-order chi connectivity index (χ1) is 11.4. The summed E-state index contributed by atoms with van der Waals surface area (Å²) in [4.78, 5) is 10.6. The average molecular weight is 396 g/mol. The molecule has 1 aromatic rings. The molecule has 0 amide bonds. The first-order valence-electron chi connectivity index (χ1n) is 7.99. The second kappa shape index (κ2) is 9.94. The van der Waals surface area contributed by atoms with Crippen LogP contribution in [-0.2, 0) is 16.8 Å². The summed E-state index contributed by atoms with van der Waals surface area (Å²) < 4.78 is 36.4. The quantitative estimate of drug-likeness (QED) is 0.351. The maximum absolute atomic E-state index is 11.1. The molecule has 10 nitrogen and oxygen atoms in total. The number of aryl methyl sites for hydroxylation is 1. The van der Waals surface area contributed by atoms with E-state index >= 15 is 0 Å². The summed E-state index contributed by atoms with van der Waals surface area (Å²) in [6, 6.07) is 0. The molecule has 0 radical (unpaired) electrons. The van der Waals surface area contributed by atoms with Crippen LogP contribution in [0.2, 0.25) is 0 Å². The van der Waals surface area contributed by atoms with E-state index in [1.54, 1.807) is 0 Å². The molecule has 144 valence electrons. The molecule has 0 aliphatic carbocycles. The summed E-state index contributed by atoms with van der Waals surface area (Å²) >= 11 is 1.86. The van der Waals surface area contributed by atoms with Crippen LogP contribution in [-0.4, -0.2) is 53.0 Å². The predicted molar refractivity (Wildman–Crippen MR) is 94.1 cm³/mol. The summed E-state index contributed by atoms with van der Waals surface area (Å²) in [6.45, 7) is 3.72. The molecule has 0 saturated carbocycles. The molecule has 2 rings (SSSR count). The number of hydrogen-bond acceptors (Lipinski definition) is 9. The molecule has 0 unspecified atom stereocenters. The zero-order valence-electron chi connectivity index (χ0n) is 14.2. The summed E-state index contributed by atoms with van der Waals surface area (Å²) in [5.41, 5.74) is 5.85. The topological polar surface area (TPSA) is 153 Å². The van der Waals surface area contributed by atoms with E-state index in [9.17, 15) is 8.42 Å². The van der Waals surface area contributed by atoms with Crippen molar-refractivity contribution >= 4 is 34.1 Å². The molecule has 25 heavy (non-hydrogen) atoms. The molecular formula is C13H25N5O5S2. The molecular weight excluding hydrogens is 370 g/mol. The van der Waals surface area contributed by atoms with Gasteiger partial charge in [-0.15, -0.1) is 0 Å². The van der Waals surface area contributed by atoms with E-state index in [1.807, 2.05) is 16.7 Å². The number of aromatic nitrogens is 3. The number of nitrogens with zero attached hydrogens (tertiary/aromatic N) is 4. The number of nitrogens with two attached hydrogens (primary N) is 1. The molecule has 1 fully saturated rings. The lowest BCUT2D eigenvalue weighted by Gasteiger charge is -2.24. The van der Waals surface area contributed by atoms with Crippen molar-refractivity contribution in [3.63, 3.8) is 0 Å². The largest absolute Gasteiger partial charge is 0.870 e. The number of unbranched alkanes of at least 4 members (excludes halogenated alkanes) is 3. The zero-order chi connectivity index (χ0) is 17.6. The fourth-order valence-corrected chi connectivity index (χ4v) is 3.67. The molecule has 4 N–H and O–H groups in total. The molecule has 2 heterocycles. The van der Waals surface area contributed by atoms with Crippen molar-refractivity contribution in [3.8, 4) is 0 Å². The fourth-order valence-electron chi connectivity index (χ4n) is 2.41.